The molecule has 0 saturated heterocycles. The van der Waals surface area contributed by atoms with Gasteiger partial charge in [0, 0.05) is 11.6 Å². The molecule has 150 valence electrons. The molecule has 0 spiro atoms. The molecular weight excluding hydrogens is 362 g/mol. The van der Waals surface area contributed by atoms with Gasteiger partial charge in [0.25, 0.3) is 0 Å². The standard InChI is InChI=1S/C21H25NO6/c1-13-5-6-14(9-18(13)27-3)10-20(23)22-17(12-21(24)25)16-8-7-15(26-2)11-19(16)28-4/h5-9,11,17H,10,12H2,1-4H3,(H,22,23)(H,24,25). The van der Waals surface area contributed by atoms with Crippen molar-refractivity contribution in [3.63, 3.8) is 0 Å². The SMILES string of the molecule is COc1ccc(C(CC(=O)O)NC(=O)Cc2ccc(C)c(OC)c2)c(OC)c1. The first-order valence-electron chi connectivity index (χ1n) is 8.74. The number of rotatable bonds is 9. The Balaban J connectivity index is 2.22. The fraction of sp³-hybridized carbons (Fsp3) is 0.333. The monoisotopic (exact) mass is 387 g/mol. The zero-order valence-electron chi connectivity index (χ0n) is 16.4. The Morgan fingerprint density at radius 2 is 1.71 bits per heavy atom. The van der Waals surface area contributed by atoms with Crippen LogP contribution in [-0.2, 0) is 16.0 Å². The third-order valence-corrected chi connectivity index (χ3v) is 4.37. The van der Waals surface area contributed by atoms with Crippen LogP contribution in [0.25, 0.3) is 0 Å². The average molecular weight is 387 g/mol. The molecule has 2 aromatic rings. The summed E-state index contributed by atoms with van der Waals surface area (Å²) in [5.41, 5.74) is 2.31. The second kappa shape index (κ2) is 9.64. The van der Waals surface area contributed by atoms with E-state index in [1.807, 2.05) is 19.1 Å². The molecule has 1 atom stereocenters. The molecule has 0 saturated carbocycles. The van der Waals surface area contributed by atoms with Crippen molar-refractivity contribution in [2.45, 2.75) is 25.8 Å². The molecule has 2 N–H and O–H groups in total. The van der Waals surface area contributed by atoms with Crippen molar-refractivity contribution in [1.29, 1.82) is 0 Å². The molecule has 0 fully saturated rings. The Hall–Kier alpha value is -3.22. The van der Waals surface area contributed by atoms with Gasteiger partial charge in [-0.25, -0.2) is 0 Å². The summed E-state index contributed by atoms with van der Waals surface area (Å²) in [6, 6.07) is 9.83. The van der Waals surface area contributed by atoms with Gasteiger partial charge >= 0.3 is 5.97 Å². The van der Waals surface area contributed by atoms with Gasteiger partial charge in [0.2, 0.25) is 5.91 Å². The Morgan fingerprint density at radius 1 is 1.00 bits per heavy atom. The van der Waals surface area contributed by atoms with Gasteiger partial charge in [-0.3, -0.25) is 9.59 Å². The summed E-state index contributed by atoms with van der Waals surface area (Å²) in [6.45, 7) is 1.92. The number of ether oxygens (including phenoxy) is 3. The van der Waals surface area contributed by atoms with Crippen LogP contribution in [0.2, 0.25) is 0 Å². The number of hydrogen-bond acceptors (Lipinski definition) is 5. The fourth-order valence-corrected chi connectivity index (χ4v) is 2.92. The van der Waals surface area contributed by atoms with Gasteiger partial charge in [-0.15, -0.1) is 0 Å². The average Bonchev–Trinajstić information content (AvgIpc) is 2.67. The zero-order chi connectivity index (χ0) is 20.7. The minimum atomic E-state index is -1.03. The Labute approximate surface area is 164 Å². The number of hydrogen-bond donors (Lipinski definition) is 2. The van der Waals surface area contributed by atoms with Crippen LogP contribution in [0.5, 0.6) is 17.2 Å². The number of aryl methyl sites for hydroxylation is 1. The Morgan fingerprint density at radius 3 is 2.32 bits per heavy atom. The van der Waals surface area contributed by atoms with Crippen molar-refractivity contribution in [1.82, 2.24) is 5.32 Å². The van der Waals surface area contributed by atoms with Crippen molar-refractivity contribution in [2.24, 2.45) is 0 Å². The van der Waals surface area contributed by atoms with Crippen LogP contribution in [0.3, 0.4) is 0 Å². The van der Waals surface area contributed by atoms with Crippen molar-refractivity contribution < 1.29 is 28.9 Å². The molecule has 28 heavy (non-hydrogen) atoms. The second-order valence-electron chi connectivity index (χ2n) is 6.31. The van der Waals surface area contributed by atoms with Gasteiger partial charge in [-0.1, -0.05) is 12.1 Å². The maximum atomic E-state index is 12.6. The van der Waals surface area contributed by atoms with Crippen LogP contribution in [0.15, 0.2) is 36.4 Å². The molecule has 0 aliphatic heterocycles. The van der Waals surface area contributed by atoms with Gasteiger partial charge in [0.1, 0.15) is 17.2 Å². The first-order chi connectivity index (χ1) is 13.4. The lowest BCUT2D eigenvalue weighted by Crippen LogP contribution is -2.31. The lowest BCUT2D eigenvalue weighted by Gasteiger charge is -2.20. The molecule has 0 aliphatic rings. The Bertz CT molecular complexity index is 849. The lowest BCUT2D eigenvalue weighted by atomic mass is 10.0. The van der Waals surface area contributed by atoms with E-state index in [4.69, 9.17) is 14.2 Å². The normalized spacial score (nSPS) is 11.4. The van der Waals surface area contributed by atoms with Gasteiger partial charge in [-0.2, -0.15) is 0 Å². The molecule has 1 unspecified atom stereocenters. The molecule has 2 aromatic carbocycles. The van der Waals surface area contributed by atoms with E-state index in [0.29, 0.717) is 22.8 Å². The maximum Gasteiger partial charge on any atom is 0.305 e. The van der Waals surface area contributed by atoms with E-state index in [9.17, 15) is 14.7 Å². The first-order valence-corrected chi connectivity index (χ1v) is 8.74. The highest BCUT2D eigenvalue weighted by molar-refractivity contribution is 5.80. The fourth-order valence-electron chi connectivity index (χ4n) is 2.92. The third kappa shape index (κ3) is 5.39. The summed E-state index contributed by atoms with van der Waals surface area (Å²) in [6.07, 6.45) is -0.170. The van der Waals surface area contributed by atoms with E-state index in [1.54, 1.807) is 31.4 Å². The molecule has 7 heteroatoms. The lowest BCUT2D eigenvalue weighted by molar-refractivity contribution is -0.137. The minimum absolute atomic E-state index is 0.102. The number of benzene rings is 2. The van der Waals surface area contributed by atoms with Crippen molar-refractivity contribution in [3.05, 3.63) is 53.1 Å². The molecule has 1 amide bonds. The van der Waals surface area contributed by atoms with E-state index in [2.05, 4.69) is 5.32 Å². The van der Waals surface area contributed by atoms with Crippen LogP contribution in [-0.4, -0.2) is 38.3 Å². The molecule has 0 heterocycles. The predicted octanol–water partition coefficient (Wildman–Crippen LogP) is 2.90. The van der Waals surface area contributed by atoms with Crippen LogP contribution >= 0.6 is 0 Å². The molecule has 0 bridgehead atoms. The summed E-state index contributed by atoms with van der Waals surface area (Å²) in [4.78, 5) is 23.9. The molecule has 0 aliphatic carbocycles. The van der Waals surface area contributed by atoms with E-state index in [-0.39, 0.29) is 18.7 Å². The third-order valence-electron chi connectivity index (χ3n) is 4.37. The molecule has 0 aromatic heterocycles. The highest BCUT2D eigenvalue weighted by Gasteiger charge is 2.22. The van der Waals surface area contributed by atoms with E-state index < -0.39 is 12.0 Å². The van der Waals surface area contributed by atoms with Gasteiger partial charge in [0.15, 0.2) is 0 Å². The summed E-state index contributed by atoms with van der Waals surface area (Å²) in [7, 11) is 4.59. The highest BCUT2D eigenvalue weighted by atomic mass is 16.5. The molecular formula is C21H25NO6. The summed E-state index contributed by atoms with van der Waals surface area (Å²) in [5, 5.41) is 12.1. The number of carbonyl (C=O) groups is 2. The van der Waals surface area contributed by atoms with Crippen LogP contribution in [0.4, 0.5) is 0 Å². The van der Waals surface area contributed by atoms with Crippen LogP contribution in [0.1, 0.15) is 29.2 Å². The van der Waals surface area contributed by atoms with E-state index >= 15 is 0 Å². The van der Waals surface area contributed by atoms with E-state index in [0.717, 1.165) is 11.1 Å². The summed E-state index contributed by atoms with van der Waals surface area (Å²) in [5.74, 6) is 0.398. The smallest absolute Gasteiger partial charge is 0.305 e. The molecule has 0 radical (unpaired) electrons. The number of nitrogens with one attached hydrogen (secondary N) is 1. The number of methoxy groups -OCH3 is 3. The van der Waals surface area contributed by atoms with Gasteiger partial charge in [0.05, 0.1) is 40.2 Å². The predicted molar refractivity (Wildman–Crippen MR) is 104 cm³/mol. The zero-order valence-corrected chi connectivity index (χ0v) is 16.4. The second-order valence-corrected chi connectivity index (χ2v) is 6.31. The van der Waals surface area contributed by atoms with Crippen LogP contribution in [0, 0.1) is 6.92 Å². The molecule has 2 rings (SSSR count). The maximum absolute atomic E-state index is 12.6. The van der Waals surface area contributed by atoms with Crippen molar-refractivity contribution >= 4 is 11.9 Å². The van der Waals surface area contributed by atoms with Crippen molar-refractivity contribution in [3.8, 4) is 17.2 Å². The number of carboxylic acid groups (broad SMARTS) is 1. The summed E-state index contributed by atoms with van der Waals surface area (Å²) < 4.78 is 15.8. The van der Waals surface area contributed by atoms with Crippen molar-refractivity contribution in [2.75, 3.05) is 21.3 Å². The number of aliphatic carboxylic acids is 1. The quantitative estimate of drug-likeness (QED) is 0.687. The number of carbonyl (C=O) groups excluding carboxylic acids is 1. The number of carboxylic acids is 1. The topological polar surface area (TPSA) is 94.1 Å². The van der Waals surface area contributed by atoms with Crippen LogP contribution < -0.4 is 19.5 Å². The van der Waals surface area contributed by atoms with E-state index in [1.165, 1.54) is 14.2 Å². The van der Waals surface area contributed by atoms with Gasteiger partial charge < -0.3 is 24.6 Å². The highest BCUT2D eigenvalue weighted by Crippen LogP contribution is 2.31. The van der Waals surface area contributed by atoms with Gasteiger partial charge in [-0.05, 0) is 36.2 Å². The Kier molecular flexibility index (Phi) is 7.26. The first kappa shape index (κ1) is 21.1. The minimum Gasteiger partial charge on any atom is -0.497 e. The number of amides is 1. The molecule has 7 nitrogen and oxygen atoms in total. The summed E-state index contributed by atoms with van der Waals surface area (Å²) >= 11 is 0. The largest absolute Gasteiger partial charge is 0.497 e.